The summed E-state index contributed by atoms with van der Waals surface area (Å²) in [4.78, 5) is 22.2. The van der Waals surface area contributed by atoms with Gasteiger partial charge in [0, 0.05) is 18.3 Å². The Kier molecular flexibility index (Phi) is 4.80. The van der Waals surface area contributed by atoms with E-state index in [0.29, 0.717) is 11.6 Å². The third-order valence-corrected chi connectivity index (χ3v) is 7.77. The number of thiazole rings is 1. The summed E-state index contributed by atoms with van der Waals surface area (Å²) >= 11 is 1.67. The van der Waals surface area contributed by atoms with Gasteiger partial charge in [-0.3, -0.25) is 9.69 Å². The molecule has 2 fully saturated rings. The first-order chi connectivity index (χ1) is 14.6. The van der Waals surface area contributed by atoms with E-state index in [9.17, 15) is 4.79 Å². The highest BCUT2D eigenvalue weighted by atomic mass is 32.1. The molecule has 1 aromatic heterocycles. The van der Waals surface area contributed by atoms with E-state index in [2.05, 4.69) is 41.1 Å². The maximum atomic E-state index is 13.3. The second kappa shape index (κ2) is 7.50. The minimum Gasteiger partial charge on any atom is -0.312 e. The van der Waals surface area contributed by atoms with Gasteiger partial charge in [0.25, 0.3) is 0 Å². The molecule has 0 N–H and O–H groups in total. The Hall–Kier alpha value is -2.75. The zero-order chi connectivity index (χ0) is 20.7. The Morgan fingerprint density at radius 1 is 1.10 bits per heavy atom. The van der Waals surface area contributed by atoms with Crippen molar-refractivity contribution in [3.05, 3.63) is 59.1 Å². The van der Waals surface area contributed by atoms with Crippen LogP contribution in [-0.2, 0) is 4.79 Å². The molecule has 3 heterocycles. The van der Waals surface area contributed by atoms with E-state index in [1.165, 1.54) is 10.3 Å². The van der Waals surface area contributed by atoms with Crippen LogP contribution >= 0.6 is 11.3 Å². The van der Waals surface area contributed by atoms with E-state index in [1.807, 2.05) is 22.5 Å². The Morgan fingerprint density at radius 2 is 1.83 bits per heavy atom. The quantitative estimate of drug-likeness (QED) is 0.618. The minimum absolute atomic E-state index is 0.233. The molecule has 3 aromatic rings. The van der Waals surface area contributed by atoms with Crippen molar-refractivity contribution in [3.63, 3.8) is 0 Å². The van der Waals surface area contributed by atoms with Crippen LogP contribution < -0.4 is 4.90 Å². The van der Waals surface area contributed by atoms with Gasteiger partial charge < -0.3 is 4.90 Å². The summed E-state index contributed by atoms with van der Waals surface area (Å²) in [5.74, 6) is 0.253. The van der Waals surface area contributed by atoms with E-state index in [-0.39, 0.29) is 11.3 Å². The van der Waals surface area contributed by atoms with Gasteiger partial charge in [-0.05, 0) is 81.2 Å². The molecule has 1 amide bonds. The highest BCUT2D eigenvalue weighted by Gasteiger charge is 2.48. The van der Waals surface area contributed by atoms with Crippen LogP contribution in [0.2, 0.25) is 0 Å². The third kappa shape index (κ3) is 3.19. The normalized spacial score (nSPS) is 20.0. The molecule has 0 unspecified atom stereocenters. The molecule has 0 saturated carbocycles. The number of fused-ring (bicyclic) bond motifs is 1. The van der Waals surface area contributed by atoms with Crippen LogP contribution in [-0.4, -0.2) is 35.4 Å². The highest BCUT2D eigenvalue weighted by molar-refractivity contribution is 7.16. The van der Waals surface area contributed by atoms with Crippen LogP contribution in [0.25, 0.3) is 10.2 Å². The van der Waals surface area contributed by atoms with Crippen LogP contribution in [0.3, 0.4) is 0 Å². The zero-order valence-corrected chi connectivity index (χ0v) is 17.9. The van der Waals surface area contributed by atoms with E-state index in [0.717, 1.165) is 50.1 Å². The lowest BCUT2D eigenvalue weighted by molar-refractivity contribution is -0.128. The van der Waals surface area contributed by atoms with Crippen molar-refractivity contribution in [2.45, 2.75) is 32.2 Å². The Labute approximate surface area is 180 Å². The fourth-order valence-electron chi connectivity index (χ4n) is 4.93. The summed E-state index contributed by atoms with van der Waals surface area (Å²) in [7, 11) is 0. The number of nitrogens with zero attached hydrogens (tertiary/aromatic N) is 4. The number of aromatic nitrogens is 1. The van der Waals surface area contributed by atoms with Crippen molar-refractivity contribution in [3.8, 4) is 6.07 Å². The van der Waals surface area contributed by atoms with Crippen molar-refractivity contribution >= 4 is 33.1 Å². The van der Waals surface area contributed by atoms with Crippen molar-refractivity contribution in [2.75, 3.05) is 24.5 Å². The standard InChI is InChI=1S/C24H24N4OS/c1-17(19-4-7-22-21(14-19)26-16-30-22)27-11-8-24(9-12-27)10-13-28(23(24)29)20-5-2-18(15-25)3-6-20/h2-7,14,16-17H,8-13H2,1H3/t17-/m1/s1. The lowest BCUT2D eigenvalue weighted by Gasteiger charge is -2.40. The number of piperidine rings is 1. The summed E-state index contributed by atoms with van der Waals surface area (Å²) in [6.45, 7) is 4.89. The lowest BCUT2D eigenvalue weighted by Crippen LogP contribution is -2.45. The molecule has 152 valence electrons. The molecule has 0 radical (unpaired) electrons. The number of benzene rings is 2. The first kappa shape index (κ1) is 19.2. The van der Waals surface area contributed by atoms with Gasteiger partial charge in [0.15, 0.2) is 0 Å². The summed E-state index contributed by atoms with van der Waals surface area (Å²) < 4.78 is 1.22. The van der Waals surface area contributed by atoms with Crippen molar-refractivity contribution in [2.24, 2.45) is 5.41 Å². The van der Waals surface area contributed by atoms with Gasteiger partial charge in [-0.15, -0.1) is 11.3 Å². The number of carbonyl (C=O) groups is 1. The van der Waals surface area contributed by atoms with Gasteiger partial charge in [-0.1, -0.05) is 6.07 Å². The van der Waals surface area contributed by atoms with Crippen LogP contribution in [0.15, 0.2) is 48.0 Å². The number of amides is 1. The maximum absolute atomic E-state index is 13.3. The SMILES string of the molecule is C[C@H](c1ccc2scnc2c1)N1CCC2(CCN(c3ccc(C#N)cc3)C2=O)CC1. The monoisotopic (exact) mass is 416 g/mol. The van der Waals surface area contributed by atoms with E-state index in [1.54, 1.807) is 23.5 Å². The smallest absolute Gasteiger partial charge is 0.233 e. The van der Waals surface area contributed by atoms with Gasteiger partial charge in [0.05, 0.1) is 32.8 Å². The summed E-state index contributed by atoms with van der Waals surface area (Å²) in [5.41, 5.74) is 5.56. The van der Waals surface area contributed by atoms with Gasteiger partial charge in [-0.25, -0.2) is 4.98 Å². The largest absolute Gasteiger partial charge is 0.312 e. The molecule has 6 heteroatoms. The zero-order valence-electron chi connectivity index (χ0n) is 17.0. The maximum Gasteiger partial charge on any atom is 0.233 e. The molecule has 1 spiro atoms. The molecule has 5 rings (SSSR count). The van der Waals surface area contributed by atoms with E-state index >= 15 is 0 Å². The molecule has 0 aliphatic carbocycles. The number of likely N-dealkylation sites (tertiary alicyclic amines) is 1. The topological polar surface area (TPSA) is 60.2 Å². The van der Waals surface area contributed by atoms with Crippen LogP contribution in [0, 0.1) is 16.7 Å². The van der Waals surface area contributed by atoms with Crippen molar-refractivity contribution in [1.82, 2.24) is 9.88 Å². The second-order valence-corrected chi connectivity index (χ2v) is 9.32. The average molecular weight is 417 g/mol. The van der Waals surface area contributed by atoms with Gasteiger partial charge in [0.1, 0.15) is 0 Å². The Bertz CT molecular complexity index is 1120. The number of rotatable bonds is 3. The molecular weight excluding hydrogens is 392 g/mol. The fraction of sp³-hybridized carbons (Fsp3) is 0.375. The van der Waals surface area contributed by atoms with Crippen LogP contribution in [0.4, 0.5) is 5.69 Å². The Morgan fingerprint density at radius 3 is 2.57 bits per heavy atom. The number of hydrogen-bond acceptors (Lipinski definition) is 5. The molecule has 2 aromatic carbocycles. The number of hydrogen-bond donors (Lipinski definition) is 0. The van der Waals surface area contributed by atoms with E-state index < -0.39 is 0 Å². The highest BCUT2D eigenvalue weighted by Crippen LogP contribution is 2.44. The minimum atomic E-state index is -0.233. The number of nitriles is 1. The van der Waals surface area contributed by atoms with Crippen LogP contribution in [0.1, 0.15) is 43.4 Å². The third-order valence-electron chi connectivity index (χ3n) is 6.96. The van der Waals surface area contributed by atoms with Gasteiger partial charge in [-0.2, -0.15) is 5.26 Å². The average Bonchev–Trinajstić information content (AvgIpc) is 3.38. The predicted octanol–water partition coefficient (Wildman–Crippen LogP) is 4.75. The number of carbonyl (C=O) groups excluding carboxylic acids is 1. The molecule has 0 bridgehead atoms. The molecule has 2 aliphatic rings. The first-order valence-corrected chi connectivity index (χ1v) is 11.4. The lowest BCUT2D eigenvalue weighted by atomic mass is 9.76. The van der Waals surface area contributed by atoms with Crippen molar-refractivity contribution in [1.29, 1.82) is 5.26 Å². The summed E-state index contributed by atoms with van der Waals surface area (Å²) in [6.07, 6.45) is 2.72. The first-order valence-electron chi connectivity index (χ1n) is 10.5. The molecule has 5 nitrogen and oxygen atoms in total. The predicted molar refractivity (Wildman–Crippen MR) is 119 cm³/mol. The molecule has 2 aliphatic heterocycles. The molecular formula is C24H24N4OS. The van der Waals surface area contributed by atoms with Gasteiger partial charge >= 0.3 is 0 Å². The molecule has 30 heavy (non-hydrogen) atoms. The van der Waals surface area contributed by atoms with Gasteiger partial charge in [0.2, 0.25) is 5.91 Å². The number of anilines is 1. The second-order valence-electron chi connectivity index (χ2n) is 8.44. The van der Waals surface area contributed by atoms with Crippen molar-refractivity contribution < 1.29 is 4.79 Å². The Balaban J connectivity index is 1.27. The fourth-order valence-corrected chi connectivity index (χ4v) is 5.59. The molecule has 2 saturated heterocycles. The van der Waals surface area contributed by atoms with E-state index in [4.69, 9.17) is 5.26 Å². The summed E-state index contributed by atoms with van der Waals surface area (Å²) in [5, 5.41) is 9.00. The van der Waals surface area contributed by atoms with Crippen LogP contribution in [0.5, 0.6) is 0 Å². The molecule has 1 atom stereocenters. The summed E-state index contributed by atoms with van der Waals surface area (Å²) in [6, 6.07) is 16.4.